The number of nitrogens with one attached hydrogen (secondary N) is 1. The predicted molar refractivity (Wildman–Crippen MR) is 159 cm³/mol. The Morgan fingerprint density at radius 2 is 1.43 bits per heavy atom. The minimum Gasteiger partial charge on any atom is -0.434 e. The van der Waals surface area contributed by atoms with E-state index in [1.165, 1.54) is 18.5 Å². The zero-order chi connectivity index (χ0) is 32.0. The predicted octanol–water partition coefficient (Wildman–Crippen LogP) is 6.22. The second-order valence-corrected chi connectivity index (χ2v) is 11.7. The normalized spacial score (nSPS) is 23.0. The third-order valence-corrected chi connectivity index (χ3v) is 8.20. The number of carbonyl (C=O) groups excluding carboxylic acids is 1. The van der Waals surface area contributed by atoms with Crippen LogP contribution in [0.4, 0.5) is 22.0 Å². The van der Waals surface area contributed by atoms with Crippen molar-refractivity contribution in [2.24, 2.45) is 5.73 Å². The van der Waals surface area contributed by atoms with Crippen LogP contribution in [0.2, 0.25) is 0 Å². The summed E-state index contributed by atoms with van der Waals surface area (Å²) >= 11 is 0. The van der Waals surface area contributed by atoms with Crippen molar-refractivity contribution < 1.29 is 31.5 Å². The van der Waals surface area contributed by atoms with Gasteiger partial charge in [0.25, 0.3) is 5.91 Å². The highest BCUT2D eigenvalue weighted by atomic mass is 19.4. The number of likely N-dealkylation sites (tertiary alicyclic amines) is 2. The van der Waals surface area contributed by atoms with Crippen LogP contribution in [0.5, 0.6) is 5.75 Å². The largest absolute Gasteiger partial charge is 0.434 e. The molecule has 238 valence electrons. The lowest BCUT2D eigenvalue weighted by Crippen LogP contribution is -2.55. The number of hydrogen-bond donors (Lipinski definition) is 2. The first-order chi connectivity index (χ1) is 20.8. The van der Waals surface area contributed by atoms with E-state index in [2.05, 4.69) is 46.3 Å². The van der Waals surface area contributed by atoms with E-state index in [1.807, 2.05) is 48.3 Å². The van der Waals surface area contributed by atoms with Gasteiger partial charge in [0.1, 0.15) is 5.75 Å². The molecule has 44 heavy (non-hydrogen) atoms. The van der Waals surface area contributed by atoms with E-state index in [4.69, 9.17) is 5.73 Å². The molecule has 3 aromatic carbocycles. The molecule has 0 radical (unpaired) electrons. The number of benzene rings is 3. The summed E-state index contributed by atoms with van der Waals surface area (Å²) in [5.74, 6) is -1.59. The van der Waals surface area contributed by atoms with Crippen LogP contribution in [0, 0.1) is 0 Å². The van der Waals surface area contributed by atoms with Gasteiger partial charge in [-0.3, -0.25) is 4.79 Å². The van der Waals surface area contributed by atoms with E-state index >= 15 is 0 Å². The Kier molecular flexibility index (Phi) is 10.6. The van der Waals surface area contributed by atoms with Gasteiger partial charge in [-0.25, -0.2) is 0 Å². The SMILES string of the molecule is CN1CCCC(N)(c2ccccc2)C1.CN1CCCC(NC(=O)c2ccc(C(F)(F)F)cc2OC(F)F)(c2ccccc2)C1. The van der Waals surface area contributed by atoms with Gasteiger partial charge in [0, 0.05) is 13.1 Å². The Balaban J connectivity index is 0.000000262. The number of alkyl halides is 5. The van der Waals surface area contributed by atoms with E-state index in [-0.39, 0.29) is 11.1 Å². The molecule has 0 aliphatic carbocycles. The van der Waals surface area contributed by atoms with Crippen molar-refractivity contribution in [1.82, 2.24) is 15.1 Å². The lowest BCUT2D eigenvalue weighted by Gasteiger charge is -2.42. The highest BCUT2D eigenvalue weighted by molar-refractivity contribution is 5.97. The summed E-state index contributed by atoms with van der Waals surface area (Å²) < 4.78 is 68.8. The molecule has 2 aliphatic heterocycles. The fourth-order valence-corrected chi connectivity index (χ4v) is 6.11. The van der Waals surface area contributed by atoms with Crippen molar-refractivity contribution in [3.8, 4) is 5.75 Å². The molecule has 2 unspecified atom stereocenters. The summed E-state index contributed by atoms with van der Waals surface area (Å²) in [4.78, 5) is 17.4. The molecule has 0 saturated carbocycles. The van der Waals surface area contributed by atoms with Crippen molar-refractivity contribution >= 4 is 5.91 Å². The van der Waals surface area contributed by atoms with Crippen molar-refractivity contribution in [2.75, 3.05) is 40.3 Å². The number of halogens is 5. The zero-order valence-electron chi connectivity index (χ0n) is 24.9. The maximum absolute atomic E-state index is 13.0. The summed E-state index contributed by atoms with van der Waals surface area (Å²) in [6.45, 7) is 0.0609. The van der Waals surface area contributed by atoms with Gasteiger partial charge in [0.15, 0.2) is 0 Å². The molecule has 2 atom stereocenters. The Morgan fingerprint density at radius 1 is 0.864 bits per heavy atom. The van der Waals surface area contributed by atoms with Crippen molar-refractivity contribution in [1.29, 1.82) is 0 Å². The lowest BCUT2D eigenvalue weighted by atomic mass is 9.82. The molecule has 6 nitrogen and oxygen atoms in total. The standard InChI is InChI=1S/C21H21F5N2O2.C12H18N2/c1-28-11-5-10-20(13-28,14-6-3-2-4-7-14)27-18(29)16-9-8-15(21(24,25)26)12-17(16)30-19(22)23;1-14-9-5-8-12(13,10-14)11-6-3-2-4-7-11/h2-4,6-9,12,19H,5,10-11,13H2,1H3,(H,27,29);2-4,6-7H,5,8-10,13H2,1H3. The molecule has 3 aromatic rings. The van der Waals surface area contributed by atoms with E-state index < -0.39 is 35.5 Å². The molecular formula is C33H39F5N4O2. The maximum atomic E-state index is 13.0. The average molecular weight is 619 g/mol. The molecular weight excluding hydrogens is 579 g/mol. The lowest BCUT2D eigenvalue weighted by molar-refractivity contribution is -0.138. The van der Waals surface area contributed by atoms with Gasteiger partial charge in [-0.2, -0.15) is 22.0 Å². The number of piperidine rings is 2. The van der Waals surface area contributed by atoms with Crippen LogP contribution in [0.1, 0.15) is 52.7 Å². The molecule has 2 heterocycles. The van der Waals surface area contributed by atoms with Crippen LogP contribution in [0.15, 0.2) is 78.9 Å². The average Bonchev–Trinajstić information content (AvgIpc) is 2.97. The third kappa shape index (κ3) is 8.34. The number of nitrogens with two attached hydrogens (primary N) is 1. The summed E-state index contributed by atoms with van der Waals surface area (Å²) in [6.07, 6.45) is -1.09. The van der Waals surface area contributed by atoms with Crippen LogP contribution in [-0.2, 0) is 17.3 Å². The molecule has 2 fully saturated rings. The fourth-order valence-electron chi connectivity index (χ4n) is 6.11. The molecule has 1 amide bonds. The number of likely N-dealkylation sites (N-methyl/N-ethyl adjacent to an activating group) is 2. The van der Waals surface area contributed by atoms with Gasteiger partial charge >= 0.3 is 12.8 Å². The molecule has 2 aliphatic rings. The van der Waals surface area contributed by atoms with Crippen molar-refractivity contribution in [3.05, 3.63) is 101 Å². The Bertz CT molecular complexity index is 1380. The van der Waals surface area contributed by atoms with Gasteiger partial charge in [-0.15, -0.1) is 0 Å². The van der Waals surface area contributed by atoms with E-state index in [0.29, 0.717) is 25.1 Å². The first kappa shape index (κ1) is 33.4. The van der Waals surface area contributed by atoms with Crippen LogP contribution >= 0.6 is 0 Å². The molecule has 0 spiro atoms. The van der Waals surface area contributed by atoms with Crippen LogP contribution in [0.25, 0.3) is 0 Å². The Labute approximate surface area is 255 Å². The number of nitrogens with zero attached hydrogens (tertiary/aromatic N) is 2. The highest BCUT2D eigenvalue weighted by Gasteiger charge is 2.39. The number of ether oxygens (including phenoxy) is 1. The number of hydrogen-bond acceptors (Lipinski definition) is 5. The molecule has 11 heteroatoms. The van der Waals surface area contributed by atoms with E-state index in [1.54, 1.807) is 0 Å². The van der Waals surface area contributed by atoms with Crippen molar-refractivity contribution in [3.63, 3.8) is 0 Å². The zero-order valence-corrected chi connectivity index (χ0v) is 24.9. The number of carbonyl (C=O) groups is 1. The fraction of sp³-hybridized carbons (Fsp3) is 0.424. The molecule has 2 saturated heterocycles. The second-order valence-electron chi connectivity index (χ2n) is 11.7. The maximum Gasteiger partial charge on any atom is 0.416 e. The highest BCUT2D eigenvalue weighted by Crippen LogP contribution is 2.36. The van der Waals surface area contributed by atoms with Gasteiger partial charge in [-0.1, -0.05) is 60.7 Å². The first-order valence-corrected chi connectivity index (χ1v) is 14.6. The van der Waals surface area contributed by atoms with Crippen LogP contribution in [-0.4, -0.2) is 62.6 Å². The van der Waals surface area contributed by atoms with Gasteiger partial charge in [-0.05, 0) is 82.2 Å². The Hall–Kier alpha value is -3.54. The first-order valence-electron chi connectivity index (χ1n) is 14.6. The third-order valence-electron chi connectivity index (χ3n) is 8.20. The minimum absolute atomic E-state index is 0.131. The summed E-state index contributed by atoms with van der Waals surface area (Å²) in [5.41, 5.74) is 6.03. The summed E-state index contributed by atoms with van der Waals surface area (Å²) in [5, 5.41) is 2.88. The van der Waals surface area contributed by atoms with Gasteiger partial charge < -0.3 is 25.6 Å². The number of rotatable bonds is 6. The molecule has 0 bridgehead atoms. The van der Waals surface area contributed by atoms with Crippen LogP contribution in [0.3, 0.4) is 0 Å². The van der Waals surface area contributed by atoms with Gasteiger partial charge in [0.05, 0.1) is 22.2 Å². The van der Waals surface area contributed by atoms with E-state index in [0.717, 1.165) is 37.6 Å². The molecule has 3 N–H and O–H groups in total. The minimum atomic E-state index is -4.76. The quantitative estimate of drug-likeness (QED) is 0.321. The smallest absolute Gasteiger partial charge is 0.416 e. The molecule has 0 aromatic heterocycles. The summed E-state index contributed by atoms with van der Waals surface area (Å²) in [6, 6.07) is 21.6. The molecule has 5 rings (SSSR count). The monoisotopic (exact) mass is 618 g/mol. The summed E-state index contributed by atoms with van der Waals surface area (Å²) in [7, 11) is 4.04. The number of amides is 1. The van der Waals surface area contributed by atoms with Crippen LogP contribution < -0.4 is 15.8 Å². The second kappa shape index (κ2) is 14.0. The van der Waals surface area contributed by atoms with E-state index in [9.17, 15) is 26.7 Å². The van der Waals surface area contributed by atoms with Gasteiger partial charge in [0.2, 0.25) is 0 Å². The Morgan fingerprint density at radius 3 is 1.98 bits per heavy atom. The van der Waals surface area contributed by atoms with Crippen molar-refractivity contribution in [2.45, 2.75) is 49.5 Å². The topological polar surface area (TPSA) is 70.8 Å².